The van der Waals surface area contributed by atoms with Gasteiger partial charge in [-0.05, 0) is 42.9 Å². The molecule has 2 saturated carbocycles. The fourth-order valence-electron chi connectivity index (χ4n) is 3.55. The van der Waals surface area contributed by atoms with Gasteiger partial charge in [-0.25, -0.2) is 0 Å². The van der Waals surface area contributed by atoms with Crippen molar-refractivity contribution in [2.75, 3.05) is 0 Å². The van der Waals surface area contributed by atoms with Crippen LogP contribution in [0.3, 0.4) is 0 Å². The van der Waals surface area contributed by atoms with Crippen molar-refractivity contribution < 1.29 is 0 Å². The lowest BCUT2D eigenvalue weighted by Crippen LogP contribution is -2.11. The standard InChI is InChI=1S/C12H20/c1-4-10-7-11-6-5-8(2)12(11)9(10)3/h9-12H,2,4-7H2,1,3H3. The molecule has 0 N–H and O–H groups in total. The molecule has 0 heterocycles. The lowest BCUT2D eigenvalue weighted by molar-refractivity contribution is 0.359. The molecule has 0 bridgehead atoms. The van der Waals surface area contributed by atoms with Gasteiger partial charge in [0.15, 0.2) is 0 Å². The molecule has 0 aliphatic heterocycles. The zero-order chi connectivity index (χ0) is 8.72. The molecule has 68 valence electrons. The first-order valence-electron chi connectivity index (χ1n) is 5.41. The Kier molecular flexibility index (Phi) is 2.02. The van der Waals surface area contributed by atoms with Crippen LogP contribution >= 0.6 is 0 Å². The predicted molar refractivity (Wildman–Crippen MR) is 52.9 cm³/mol. The van der Waals surface area contributed by atoms with Crippen LogP contribution in [0.2, 0.25) is 0 Å². The second-order valence-corrected chi connectivity index (χ2v) is 4.75. The Morgan fingerprint density at radius 2 is 2.25 bits per heavy atom. The van der Waals surface area contributed by atoms with E-state index in [4.69, 9.17) is 0 Å². The summed E-state index contributed by atoms with van der Waals surface area (Å²) in [7, 11) is 0. The van der Waals surface area contributed by atoms with Gasteiger partial charge in [0.2, 0.25) is 0 Å². The smallest absolute Gasteiger partial charge is 0.0149 e. The molecule has 2 fully saturated rings. The monoisotopic (exact) mass is 164 g/mol. The summed E-state index contributed by atoms with van der Waals surface area (Å²) in [5, 5.41) is 0. The molecule has 0 heteroatoms. The summed E-state index contributed by atoms with van der Waals surface area (Å²) >= 11 is 0. The third-order valence-corrected chi connectivity index (χ3v) is 4.26. The van der Waals surface area contributed by atoms with Crippen molar-refractivity contribution >= 4 is 0 Å². The first kappa shape index (κ1) is 8.34. The Labute approximate surface area is 76.1 Å². The molecule has 0 aromatic carbocycles. The second-order valence-electron chi connectivity index (χ2n) is 4.75. The summed E-state index contributed by atoms with van der Waals surface area (Å²) in [6, 6.07) is 0. The van der Waals surface area contributed by atoms with E-state index in [-0.39, 0.29) is 0 Å². The Morgan fingerprint density at radius 3 is 2.83 bits per heavy atom. The van der Waals surface area contributed by atoms with Crippen LogP contribution in [0.4, 0.5) is 0 Å². The van der Waals surface area contributed by atoms with Crippen LogP contribution in [-0.4, -0.2) is 0 Å². The quantitative estimate of drug-likeness (QED) is 0.519. The first-order valence-corrected chi connectivity index (χ1v) is 5.41. The van der Waals surface area contributed by atoms with Crippen LogP contribution < -0.4 is 0 Å². The van der Waals surface area contributed by atoms with Gasteiger partial charge in [-0.2, -0.15) is 0 Å². The molecule has 0 amide bonds. The summed E-state index contributed by atoms with van der Waals surface area (Å²) in [4.78, 5) is 0. The van der Waals surface area contributed by atoms with Gasteiger partial charge in [0.05, 0.1) is 0 Å². The minimum Gasteiger partial charge on any atom is -0.0996 e. The molecule has 4 atom stereocenters. The van der Waals surface area contributed by atoms with E-state index < -0.39 is 0 Å². The molecule has 0 nitrogen and oxygen atoms in total. The molecule has 4 unspecified atom stereocenters. The van der Waals surface area contributed by atoms with Crippen LogP contribution in [-0.2, 0) is 0 Å². The van der Waals surface area contributed by atoms with Gasteiger partial charge in [0.25, 0.3) is 0 Å². The highest BCUT2D eigenvalue weighted by Crippen LogP contribution is 2.53. The second kappa shape index (κ2) is 2.90. The Bertz CT molecular complexity index is 192. The highest BCUT2D eigenvalue weighted by Gasteiger charge is 2.43. The maximum atomic E-state index is 4.22. The van der Waals surface area contributed by atoms with Crippen molar-refractivity contribution in [1.82, 2.24) is 0 Å². The van der Waals surface area contributed by atoms with Gasteiger partial charge in [-0.1, -0.05) is 32.4 Å². The van der Waals surface area contributed by atoms with Crippen molar-refractivity contribution in [3.8, 4) is 0 Å². The predicted octanol–water partition coefficient (Wildman–Crippen LogP) is 3.63. The minimum atomic E-state index is 0.898. The first-order chi connectivity index (χ1) is 5.74. The lowest BCUT2D eigenvalue weighted by Gasteiger charge is -2.19. The normalized spacial score (nSPS) is 46.7. The summed E-state index contributed by atoms with van der Waals surface area (Å²) in [6.07, 6.45) is 5.61. The van der Waals surface area contributed by atoms with Crippen molar-refractivity contribution in [3.05, 3.63) is 12.2 Å². The van der Waals surface area contributed by atoms with Crippen molar-refractivity contribution in [2.45, 2.75) is 39.5 Å². The van der Waals surface area contributed by atoms with Crippen molar-refractivity contribution in [1.29, 1.82) is 0 Å². The number of hydrogen-bond donors (Lipinski definition) is 0. The van der Waals surface area contributed by atoms with Gasteiger partial charge in [0.1, 0.15) is 0 Å². The molecule has 0 saturated heterocycles. The molecule has 2 rings (SSSR count). The molecule has 2 aliphatic rings. The minimum absolute atomic E-state index is 0.898. The fourth-order valence-corrected chi connectivity index (χ4v) is 3.55. The molecule has 0 aromatic rings. The maximum absolute atomic E-state index is 4.22. The van der Waals surface area contributed by atoms with E-state index >= 15 is 0 Å². The maximum Gasteiger partial charge on any atom is -0.0149 e. The van der Waals surface area contributed by atoms with E-state index in [1.54, 1.807) is 5.57 Å². The SMILES string of the molecule is C=C1CCC2CC(CC)C(C)C12. The number of rotatable bonds is 1. The van der Waals surface area contributed by atoms with Gasteiger partial charge in [-0.3, -0.25) is 0 Å². The van der Waals surface area contributed by atoms with Gasteiger partial charge in [-0.15, -0.1) is 0 Å². The van der Waals surface area contributed by atoms with Crippen LogP contribution in [0.25, 0.3) is 0 Å². The van der Waals surface area contributed by atoms with Crippen LogP contribution in [0.1, 0.15) is 39.5 Å². The highest BCUT2D eigenvalue weighted by atomic mass is 14.5. The summed E-state index contributed by atoms with van der Waals surface area (Å²) in [5.41, 5.74) is 1.56. The topological polar surface area (TPSA) is 0 Å². The molecule has 12 heavy (non-hydrogen) atoms. The summed E-state index contributed by atoms with van der Waals surface area (Å²) < 4.78 is 0. The Hall–Kier alpha value is -0.260. The molecule has 2 aliphatic carbocycles. The highest BCUT2D eigenvalue weighted by molar-refractivity contribution is 5.14. The Balaban J connectivity index is 2.14. The van der Waals surface area contributed by atoms with Crippen LogP contribution in [0, 0.1) is 23.7 Å². The van der Waals surface area contributed by atoms with E-state index in [1.165, 1.54) is 25.7 Å². The summed E-state index contributed by atoms with van der Waals surface area (Å²) in [6.45, 7) is 8.99. The van der Waals surface area contributed by atoms with Crippen molar-refractivity contribution in [3.63, 3.8) is 0 Å². The molecule has 0 radical (unpaired) electrons. The Morgan fingerprint density at radius 1 is 1.50 bits per heavy atom. The van der Waals surface area contributed by atoms with E-state index in [0.29, 0.717) is 0 Å². The zero-order valence-electron chi connectivity index (χ0n) is 8.34. The van der Waals surface area contributed by atoms with Crippen molar-refractivity contribution in [2.24, 2.45) is 23.7 Å². The third-order valence-electron chi connectivity index (χ3n) is 4.26. The molecule has 0 spiro atoms. The average Bonchev–Trinajstić information content (AvgIpc) is 2.55. The lowest BCUT2D eigenvalue weighted by atomic mass is 9.86. The van der Waals surface area contributed by atoms with E-state index in [2.05, 4.69) is 20.4 Å². The fraction of sp³-hybridized carbons (Fsp3) is 0.833. The molecule has 0 aromatic heterocycles. The summed E-state index contributed by atoms with van der Waals surface area (Å²) in [5.74, 6) is 3.83. The number of hydrogen-bond acceptors (Lipinski definition) is 0. The molecular formula is C12H20. The largest absolute Gasteiger partial charge is 0.0996 e. The van der Waals surface area contributed by atoms with Gasteiger partial charge in [0, 0.05) is 0 Å². The van der Waals surface area contributed by atoms with Crippen LogP contribution in [0.15, 0.2) is 12.2 Å². The number of allylic oxidation sites excluding steroid dienone is 1. The van der Waals surface area contributed by atoms with E-state index in [9.17, 15) is 0 Å². The van der Waals surface area contributed by atoms with Gasteiger partial charge < -0.3 is 0 Å². The molecular weight excluding hydrogens is 144 g/mol. The van der Waals surface area contributed by atoms with Crippen LogP contribution in [0.5, 0.6) is 0 Å². The van der Waals surface area contributed by atoms with E-state index in [0.717, 1.165) is 23.7 Å². The number of fused-ring (bicyclic) bond motifs is 1. The van der Waals surface area contributed by atoms with E-state index in [1.807, 2.05) is 0 Å². The van der Waals surface area contributed by atoms with Gasteiger partial charge >= 0.3 is 0 Å². The third kappa shape index (κ3) is 1.04. The average molecular weight is 164 g/mol. The zero-order valence-corrected chi connectivity index (χ0v) is 8.34.